The Morgan fingerprint density at radius 2 is 0.800 bits per heavy atom. The van der Waals surface area contributed by atoms with E-state index in [4.69, 9.17) is 23.7 Å². The predicted molar refractivity (Wildman–Crippen MR) is 441 cm³/mol. The largest absolute Gasteiger partial charge is 0.478 e. The minimum Gasteiger partial charge on any atom is -0.478 e. The number of ether oxygens (including phenoxy) is 5. The minimum absolute atomic E-state index is 0. The number of nitrogens with zero attached hydrogens (tertiary/aromatic N) is 10. The molecule has 10 aromatic rings. The van der Waals surface area contributed by atoms with E-state index in [-0.39, 0.29) is 82.9 Å². The lowest BCUT2D eigenvalue weighted by Gasteiger charge is -2.33. The molecular formula is C88H94Br2F5N11O9. The fourth-order valence-corrected chi connectivity index (χ4v) is 18.8. The highest BCUT2D eigenvalue weighted by Crippen LogP contribution is 2.58. The van der Waals surface area contributed by atoms with E-state index >= 15 is 4.39 Å². The molecule has 0 radical (unpaired) electrons. The SMILES string of the molecule is C.C.C.C.CN(C)CCCOc1ccc(-c2cc3c4c(cnc3cc2F)N(C2CC2)C(=O)C42CCOCC2)cn1.O=C1N(C2CC2)c2cnc3cc(F)c(-c4ccc(F)nc4)cc3c2C12CCOCC2.O=C1N(C2CC2)c2cnc3cc(F)c(Br)cc3c2C12CCOCC2.O=C1Nc2cnc3cc(F)c(Br)cc3c2C12CCOCC2. The maximum Gasteiger partial charge on any atom is 0.238 e. The van der Waals surface area contributed by atoms with Gasteiger partial charge in [0.15, 0.2) is 0 Å². The van der Waals surface area contributed by atoms with Crippen LogP contribution in [0.3, 0.4) is 0 Å². The van der Waals surface area contributed by atoms with Crippen LogP contribution < -0.4 is 24.8 Å². The number of fused-ring (bicyclic) bond motifs is 16. The molecule has 4 aromatic carbocycles. The van der Waals surface area contributed by atoms with E-state index in [9.17, 15) is 36.7 Å². The fraction of sp³-hybridized carbons (Fsp3) is 0.432. The third-order valence-corrected chi connectivity index (χ3v) is 25.4. The van der Waals surface area contributed by atoms with Gasteiger partial charge in [-0.05, 0) is 185 Å². The Hall–Kier alpha value is -9.09. The third-order valence-electron chi connectivity index (χ3n) is 24.1. The summed E-state index contributed by atoms with van der Waals surface area (Å²) in [6, 6.07) is 19.9. The number of rotatable bonds is 10. The van der Waals surface area contributed by atoms with E-state index in [2.05, 4.69) is 72.0 Å². The first-order valence-corrected chi connectivity index (χ1v) is 39.7. The van der Waals surface area contributed by atoms with E-state index in [0.29, 0.717) is 176 Å². The molecule has 0 unspecified atom stereocenters. The molecule has 14 heterocycles. The van der Waals surface area contributed by atoms with Gasteiger partial charge in [-0.15, -0.1) is 0 Å². The topological polar surface area (TPSA) is 217 Å². The van der Waals surface area contributed by atoms with Crippen molar-refractivity contribution in [3.63, 3.8) is 0 Å². The van der Waals surface area contributed by atoms with Crippen LogP contribution in [0.15, 0.2) is 119 Å². The normalized spacial score (nSPS) is 19.5. The lowest BCUT2D eigenvalue weighted by molar-refractivity contribution is -0.127. The Balaban J connectivity index is 0.000000127. The Labute approximate surface area is 681 Å². The monoisotopic (exact) mass is 1700 g/mol. The van der Waals surface area contributed by atoms with Crippen molar-refractivity contribution in [1.82, 2.24) is 34.8 Å². The highest BCUT2D eigenvalue weighted by Gasteiger charge is 2.59. The van der Waals surface area contributed by atoms with Gasteiger partial charge in [0.25, 0.3) is 0 Å². The smallest absolute Gasteiger partial charge is 0.238 e. The molecule has 8 aliphatic heterocycles. The van der Waals surface area contributed by atoms with Gasteiger partial charge in [0, 0.05) is 186 Å². The average molecular weight is 1700 g/mol. The van der Waals surface area contributed by atoms with Gasteiger partial charge in [0.1, 0.15) is 23.3 Å². The zero-order valence-electron chi connectivity index (χ0n) is 61.1. The maximum absolute atomic E-state index is 15.3. The number of nitrogens with one attached hydrogen (secondary N) is 1. The van der Waals surface area contributed by atoms with Gasteiger partial charge in [0.2, 0.25) is 35.5 Å². The van der Waals surface area contributed by atoms with Crippen molar-refractivity contribution < 1.29 is 64.8 Å². The van der Waals surface area contributed by atoms with Gasteiger partial charge in [-0.2, -0.15) is 4.39 Å². The Bertz CT molecular complexity index is 5460. The zero-order valence-corrected chi connectivity index (χ0v) is 64.3. The van der Waals surface area contributed by atoms with Crippen molar-refractivity contribution in [2.75, 3.05) is 100 Å². The van der Waals surface area contributed by atoms with Crippen molar-refractivity contribution in [3.05, 3.63) is 170 Å². The van der Waals surface area contributed by atoms with Gasteiger partial charge in [-0.25, -0.2) is 27.5 Å². The van der Waals surface area contributed by atoms with Crippen LogP contribution in [0.4, 0.5) is 44.7 Å². The molecule has 4 saturated heterocycles. The lowest BCUT2D eigenvalue weighted by atomic mass is 9.74. The summed E-state index contributed by atoms with van der Waals surface area (Å²) < 4.78 is 99.9. The highest BCUT2D eigenvalue weighted by atomic mass is 79.9. The minimum atomic E-state index is -0.659. The second-order valence-corrected chi connectivity index (χ2v) is 32.8. The number of carbonyl (C=O) groups excluding carboxylic acids is 4. The van der Waals surface area contributed by atoms with Crippen LogP contribution in [0.1, 0.15) is 148 Å². The summed E-state index contributed by atoms with van der Waals surface area (Å²) in [5, 5.41) is 6.22. The molecule has 4 amide bonds. The Kier molecular flexibility index (Phi) is 23.2. The van der Waals surface area contributed by atoms with Gasteiger partial charge in [-0.3, -0.25) is 39.1 Å². The molecule has 0 bridgehead atoms. The molecule has 20 nitrogen and oxygen atoms in total. The number of carbonyl (C=O) groups is 4. The standard InChI is InChI=1S/C28H31FN4O3.C23H19F2N3O2.C18H16BrFN2O2.C15H12BrFN2O2.4CH4/c1-32(2)10-3-11-36-25-7-4-18(16-31-25)20-14-21-23(15-22(20)29)30-17-24-26(21)28(8-12-35-13-9-28)27(34)33(24)19-5-6-19;24-17-10-18-16(9-15(17)13-1-4-20(25)27-11-13)21-19(12-26-18)28(14-2-3-14)22(29)23(21)5-7-30-8-6-23;19-12-7-11-14(8-13(12)20)21-9-15-16(11)18(3-5-24-6-4-18)17(23)22(15)10-1-2-10;16-9-5-8-11(6-10(9)17)18-7-12-13(8)15(14(20)19-12)1-3-21-4-2-15;;;;/h4,7,14-17,19H,3,5-6,8-13H2,1-2H3;1,4,9-12,14H,2-3,5-8H2;7-10H,1-6H2;5-7H,1-4H2,(H,19,20);4*1H4. The summed E-state index contributed by atoms with van der Waals surface area (Å²) in [6.07, 6.45) is 21.9. The van der Waals surface area contributed by atoms with Gasteiger partial charge in [0.05, 0.1) is 107 Å². The average Bonchev–Trinajstić information content (AvgIpc) is 1.53. The number of halogens is 7. The van der Waals surface area contributed by atoms with Crippen molar-refractivity contribution in [3.8, 4) is 28.1 Å². The second kappa shape index (κ2) is 32.4. The summed E-state index contributed by atoms with van der Waals surface area (Å²) in [4.78, 5) is 87.1. The number of pyridine rings is 6. The van der Waals surface area contributed by atoms with Crippen LogP contribution in [0.5, 0.6) is 5.88 Å². The van der Waals surface area contributed by atoms with Gasteiger partial charge < -0.3 is 48.6 Å². The van der Waals surface area contributed by atoms with Gasteiger partial charge >= 0.3 is 0 Å². The van der Waals surface area contributed by atoms with Gasteiger partial charge in [-0.1, -0.05) is 29.7 Å². The predicted octanol–water partition coefficient (Wildman–Crippen LogP) is 17.8. The molecule has 1 N–H and O–H groups in total. The van der Waals surface area contributed by atoms with E-state index in [1.807, 2.05) is 40.9 Å². The summed E-state index contributed by atoms with van der Waals surface area (Å²) in [5.74, 6) is -1.15. The number of hydrogen-bond acceptors (Lipinski definition) is 16. The van der Waals surface area contributed by atoms with E-state index in [0.717, 1.165) is 118 Å². The molecule has 115 heavy (non-hydrogen) atoms. The summed E-state index contributed by atoms with van der Waals surface area (Å²) in [5.41, 5.74) is 9.00. The lowest BCUT2D eigenvalue weighted by Crippen LogP contribution is -2.44. The van der Waals surface area contributed by atoms with Crippen molar-refractivity contribution in [2.24, 2.45) is 0 Å². The Morgan fingerprint density at radius 1 is 0.443 bits per heavy atom. The first-order chi connectivity index (χ1) is 53.8. The van der Waals surface area contributed by atoms with Crippen LogP contribution in [0.25, 0.3) is 65.9 Å². The van der Waals surface area contributed by atoms with Crippen molar-refractivity contribution in [2.45, 2.75) is 166 Å². The van der Waals surface area contributed by atoms with Crippen LogP contribution in [0.2, 0.25) is 0 Å². The van der Waals surface area contributed by atoms with Crippen LogP contribution in [-0.2, 0) is 59.8 Å². The number of hydrogen-bond donors (Lipinski definition) is 1. The molecule has 27 heteroatoms. The first kappa shape index (κ1) is 82.4. The third kappa shape index (κ3) is 14.3. The van der Waals surface area contributed by atoms with Crippen LogP contribution in [0, 0.1) is 29.2 Å². The molecule has 3 aliphatic carbocycles. The molecule has 604 valence electrons. The number of anilines is 4. The van der Waals surface area contributed by atoms with E-state index < -0.39 is 33.4 Å². The zero-order chi connectivity index (χ0) is 76.4. The molecule has 4 spiro atoms. The fourth-order valence-electron chi connectivity index (χ4n) is 18.1. The Morgan fingerprint density at radius 3 is 1.17 bits per heavy atom. The van der Waals surface area contributed by atoms with Crippen LogP contribution >= 0.6 is 31.9 Å². The molecule has 3 saturated carbocycles. The van der Waals surface area contributed by atoms with Crippen molar-refractivity contribution >= 4 is 122 Å². The van der Waals surface area contributed by atoms with Crippen molar-refractivity contribution in [1.29, 1.82) is 0 Å². The maximum atomic E-state index is 15.3. The number of benzene rings is 4. The summed E-state index contributed by atoms with van der Waals surface area (Å²) in [6.45, 7) is 5.90. The summed E-state index contributed by atoms with van der Waals surface area (Å²) in [7, 11) is 4.05. The molecule has 11 aliphatic rings. The van der Waals surface area contributed by atoms with E-state index in [1.165, 1.54) is 42.6 Å². The number of aromatic nitrogens is 6. The molecule has 7 fully saturated rings. The second-order valence-electron chi connectivity index (χ2n) is 31.1. The molecule has 0 atom stereocenters. The first-order valence-electron chi connectivity index (χ1n) is 38.1. The molecular weight excluding hydrogens is 1610 g/mol. The van der Waals surface area contributed by atoms with Crippen LogP contribution in [-0.4, -0.2) is 157 Å². The molecule has 6 aromatic heterocycles. The molecule has 21 rings (SSSR count). The highest BCUT2D eigenvalue weighted by molar-refractivity contribution is 9.10. The number of amides is 4. The quantitative estimate of drug-likeness (QED) is 0.0765. The van der Waals surface area contributed by atoms with E-state index in [1.54, 1.807) is 55.2 Å². The summed E-state index contributed by atoms with van der Waals surface area (Å²) >= 11 is 6.50.